The van der Waals surface area contributed by atoms with E-state index in [2.05, 4.69) is 0 Å². The zero-order valence-electron chi connectivity index (χ0n) is 14.7. The van der Waals surface area contributed by atoms with Gasteiger partial charge in [-0.1, -0.05) is 41.4 Å². The van der Waals surface area contributed by atoms with Gasteiger partial charge in [0.2, 0.25) is 0 Å². The maximum atomic E-state index is 14.0. The van der Waals surface area contributed by atoms with Gasteiger partial charge in [-0.15, -0.1) is 0 Å². The van der Waals surface area contributed by atoms with Gasteiger partial charge in [0.05, 0.1) is 11.4 Å². The van der Waals surface area contributed by atoms with Crippen molar-refractivity contribution in [1.29, 1.82) is 0 Å². The number of benzene rings is 2. The van der Waals surface area contributed by atoms with Crippen LogP contribution in [-0.4, -0.2) is 16.0 Å². The third kappa shape index (κ3) is 4.10. The number of carbonyl (C=O) groups is 2. The second-order valence-electron chi connectivity index (χ2n) is 6.18. The molecule has 2 aromatic carbocycles. The molecule has 8 heteroatoms. The minimum Gasteiger partial charge on any atom is -0.457 e. The Morgan fingerprint density at radius 2 is 1.86 bits per heavy atom. The number of thioether (sulfide) groups is 1. The van der Waals surface area contributed by atoms with E-state index < -0.39 is 17.0 Å². The molecule has 0 aliphatic carbocycles. The molecule has 0 saturated carbocycles. The molecule has 4 nitrogen and oxygen atoms in total. The number of halogens is 3. The lowest BCUT2D eigenvalue weighted by atomic mass is 10.2. The molecule has 0 spiro atoms. The van der Waals surface area contributed by atoms with E-state index in [1.165, 1.54) is 24.3 Å². The topological polar surface area (TPSA) is 50.5 Å². The molecule has 29 heavy (non-hydrogen) atoms. The Morgan fingerprint density at radius 3 is 2.62 bits per heavy atom. The predicted molar refractivity (Wildman–Crippen MR) is 112 cm³/mol. The number of amides is 2. The molecule has 2 amide bonds. The number of furan rings is 1. The highest BCUT2D eigenvalue weighted by Crippen LogP contribution is 2.35. The van der Waals surface area contributed by atoms with Crippen LogP contribution in [0.3, 0.4) is 0 Å². The number of hydrogen-bond acceptors (Lipinski definition) is 4. The highest BCUT2D eigenvalue weighted by Gasteiger charge is 2.36. The quantitative estimate of drug-likeness (QED) is 0.421. The number of nitrogens with zero attached hydrogens (tertiary/aromatic N) is 1. The van der Waals surface area contributed by atoms with Gasteiger partial charge in [0, 0.05) is 27.2 Å². The van der Waals surface area contributed by atoms with Crippen molar-refractivity contribution >= 4 is 52.2 Å². The van der Waals surface area contributed by atoms with Gasteiger partial charge < -0.3 is 4.42 Å². The number of imide groups is 1. The van der Waals surface area contributed by atoms with Gasteiger partial charge in [-0.2, -0.15) is 0 Å². The van der Waals surface area contributed by atoms with E-state index in [0.717, 1.165) is 22.2 Å². The molecular weight excluding hydrogens is 436 g/mol. The van der Waals surface area contributed by atoms with Gasteiger partial charge in [0.15, 0.2) is 0 Å². The summed E-state index contributed by atoms with van der Waals surface area (Å²) in [5.41, 5.74) is 0.887. The molecule has 1 saturated heterocycles. The zero-order valence-corrected chi connectivity index (χ0v) is 17.0. The van der Waals surface area contributed by atoms with E-state index in [-0.39, 0.29) is 22.0 Å². The van der Waals surface area contributed by atoms with E-state index in [1.807, 2.05) is 6.07 Å². The fourth-order valence-electron chi connectivity index (χ4n) is 2.83. The lowest BCUT2D eigenvalue weighted by Crippen LogP contribution is -2.28. The molecule has 0 bridgehead atoms. The molecule has 1 aromatic heterocycles. The molecule has 3 aromatic rings. The van der Waals surface area contributed by atoms with Gasteiger partial charge in [0.1, 0.15) is 17.3 Å². The summed E-state index contributed by atoms with van der Waals surface area (Å²) in [5, 5.41) is 0.237. The Kier molecular flexibility index (Phi) is 5.50. The maximum absolute atomic E-state index is 14.0. The van der Waals surface area contributed by atoms with E-state index in [4.69, 9.17) is 27.6 Å². The van der Waals surface area contributed by atoms with Crippen molar-refractivity contribution in [3.8, 4) is 11.3 Å². The Morgan fingerprint density at radius 1 is 1.07 bits per heavy atom. The molecular formula is C21H12Cl2FNO3S. The Labute approximate surface area is 179 Å². The summed E-state index contributed by atoms with van der Waals surface area (Å²) in [4.78, 5) is 26.1. The maximum Gasteiger partial charge on any atom is 0.293 e. The summed E-state index contributed by atoms with van der Waals surface area (Å²) in [7, 11) is 0. The largest absolute Gasteiger partial charge is 0.457 e. The molecule has 146 valence electrons. The zero-order chi connectivity index (χ0) is 20.5. The van der Waals surface area contributed by atoms with Gasteiger partial charge in [-0.05, 0) is 48.2 Å². The second-order valence-corrected chi connectivity index (χ2v) is 8.02. The van der Waals surface area contributed by atoms with Crippen molar-refractivity contribution in [3.63, 3.8) is 0 Å². The fraction of sp³-hybridized carbons (Fsp3) is 0.0476. The fourth-order valence-corrected chi connectivity index (χ4v) is 4.07. The van der Waals surface area contributed by atoms with Gasteiger partial charge >= 0.3 is 0 Å². The summed E-state index contributed by atoms with van der Waals surface area (Å²) >= 11 is 12.8. The SMILES string of the molecule is O=C1S/C(=C\c2ccc(-c3cccc(Cl)c3)o2)C(=O)N1Cc1c(F)cccc1Cl. The van der Waals surface area contributed by atoms with Crippen LogP contribution in [0.25, 0.3) is 17.4 Å². The summed E-state index contributed by atoms with van der Waals surface area (Å²) in [6, 6.07) is 14.8. The van der Waals surface area contributed by atoms with Crippen LogP contribution in [-0.2, 0) is 11.3 Å². The third-order valence-electron chi connectivity index (χ3n) is 4.26. The first kappa shape index (κ1) is 19.8. The van der Waals surface area contributed by atoms with Crippen LogP contribution in [0.15, 0.2) is 63.9 Å². The molecule has 0 unspecified atom stereocenters. The summed E-state index contributed by atoms with van der Waals surface area (Å²) in [6.45, 7) is -0.237. The molecule has 0 N–H and O–H groups in total. The Bertz CT molecular complexity index is 1140. The normalized spacial score (nSPS) is 15.6. The lowest BCUT2D eigenvalue weighted by molar-refractivity contribution is -0.123. The van der Waals surface area contributed by atoms with E-state index in [1.54, 1.807) is 30.3 Å². The van der Waals surface area contributed by atoms with Crippen molar-refractivity contribution in [2.24, 2.45) is 0 Å². The molecule has 4 rings (SSSR count). The number of rotatable bonds is 4. The predicted octanol–water partition coefficient (Wildman–Crippen LogP) is 6.63. The van der Waals surface area contributed by atoms with Crippen molar-refractivity contribution in [1.82, 2.24) is 4.90 Å². The smallest absolute Gasteiger partial charge is 0.293 e. The van der Waals surface area contributed by atoms with Gasteiger partial charge in [0.25, 0.3) is 11.1 Å². The first-order valence-corrected chi connectivity index (χ1v) is 10.0. The van der Waals surface area contributed by atoms with Crippen molar-refractivity contribution < 1.29 is 18.4 Å². The van der Waals surface area contributed by atoms with Crippen molar-refractivity contribution in [2.75, 3.05) is 0 Å². The summed E-state index contributed by atoms with van der Waals surface area (Å²) < 4.78 is 19.8. The summed E-state index contributed by atoms with van der Waals surface area (Å²) in [6.07, 6.45) is 1.49. The van der Waals surface area contributed by atoms with Crippen LogP contribution in [0.2, 0.25) is 10.0 Å². The molecule has 1 aliphatic rings. The van der Waals surface area contributed by atoms with Gasteiger partial charge in [-0.25, -0.2) is 4.39 Å². The molecule has 1 fully saturated rings. The van der Waals surface area contributed by atoms with Crippen LogP contribution in [0.1, 0.15) is 11.3 Å². The highest BCUT2D eigenvalue weighted by molar-refractivity contribution is 8.18. The molecule has 1 aliphatic heterocycles. The minimum absolute atomic E-state index is 0.0963. The van der Waals surface area contributed by atoms with Crippen LogP contribution in [0.5, 0.6) is 0 Å². The van der Waals surface area contributed by atoms with E-state index in [0.29, 0.717) is 16.5 Å². The van der Waals surface area contributed by atoms with Gasteiger partial charge in [-0.3, -0.25) is 14.5 Å². The highest BCUT2D eigenvalue weighted by atomic mass is 35.5. The second kappa shape index (κ2) is 8.06. The van der Waals surface area contributed by atoms with Crippen LogP contribution in [0.4, 0.5) is 9.18 Å². The van der Waals surface area contributed by atoms with Crippen molar-refractivity contribution in [2.45, 2.75) is 6.54 Å². The third-order valence-corrected chi connectivity index (χ3v) is 5.76. The van der Waals surface area contributed by atoms with Crippen LogP contribution in [0, 0.1) is 5.82 Å². The average Bonchev–Trinajstić information content (AvgIpc) is 3.25. The number of hydrogen-bond donors (Lipinski definition) is 0. The first-order chi connectivity index (χ1) is 13.9. The Hall–Kier alpha value is -2.54. The summed E-state index contributed by atoms with van der Waals surface area (Å²) in [5.74, 6) is -0.108. The lowest BCUT2D eigenvalue weighted by Gasteiger charge is -2.14. The van der Waals surface area contributed by atoms with E-state index >= 15 is 0 Å². The monoisotopic (exact) mass is 447 g/mol. The van der Waals surface area contributed by atoms with Crippen molar-refractivity contribution in [3.05, 3.63) is 86.7 Å². The first-order valence-electron chi connectivity index (χ1n) is 8.46. The minimum atomic E-state index is -0.572. The Balaban J connectivity index is 1.57. The van der Waals surface area contributed by atoms with E-state index in [9.17, 15) is 14.0 Å². The van der Waals surface area contributed by atoms with Crippen LogP contribution >= 0.6 is 35.0 Å². The standard InChI is InChI=1S/C21H12Cl2FNO3S/c22-13-4-1-3-12(9-13)18-8-7-14(28-18)10-19-20(26)25(21(27)29-19)11-15-16(23)5-2-6-17(15)24/h1-10H,11H2/b19-10-. The molecule has 0 atom stereocenters. The molecule has 2 heterocycles. The number of carbonyl (C=O) groups excluding carboxylic acids is 2. The average molecular weight is 448 g/mol. The molecule has 0 radical (unpaired) electrons. The van der Waals surface area contributed by atoms with Crippen LogP contribution < -0.4 is 0 Å².